The molecule has 2 atom stereocenters. The van der Waals surface area contributed by atoms with Gasteiger partial charge in [-0.1, -0.05) is 50.8 Å². The van der Waals surface area contributed by atoms with Gasteiger partial charge in [0.05, 0.1) is 7.85 Å². The quantitative estimate of drug-likeness (QED) is 0.501. The van der Waals surface area contributed by atoms with E-state index >= 15 is 0 Å². The highest BCUT2D eigenvalue weighted by Crippen LogP contribution is 2.59. The second-order valence-electron chi connectivity index (χ2n) is 4.53. The van der Waals surface area contributed by atoms with Gasteiger partial charge < -0.3 is 0 Å². The van der Waals surface area contributed by atoms with Crippen LogP contribution in [0, 0.1) is 11.8 Å². The van der Waals surface area contributed by atoms with Crippen molar-refractivity contribution in [3.05, 3.63) is 0 Å². The highest BCUT2D eigenvalue weighted by atomic mass is 14.5. The zero-order valence-electron chi connectivity index (χ0n) is 7.47. The van der Waals surface area contributed by atoms with Gasteiger partial charge in [0.25, 0.3) is 0 Å². The fraction of sp³-hybridized carbons (Fsp3) is 1.00. The molecule has 2 rings (SSSR count). The van der Waals surface area contributed by atoms with E-state index in [-0.39, 0.29) is 5.31 Å². The van der Waals surface area contributed by atoms with Crippen LogP contribution >= 0.6 is 0 Å². The minimum Gasteiger partial charge on any atom is -0.0627 e. The third-order valence-corrected chi connectivity index (χ3v) is 3.75. The molecule has 0 heterocycles. The number of hydrogen-bond donors (Lipinski definition) is 0. The molecule has 0 amide bonds. The molecule has 2 aliphatic rings. The van der Waals surface area contributed by atoms with E-state index in [0.717, 1.165) is 11.8 Å². The average molecular weight is 148 g/mol. The van der Waals surface area contributed by atoms with Crippen LogP contribution < -0.4 is 0 Å². The normalized spacial score (nSPS) is 45.7. The summed E-state index contributed by atoms with van der Waals surface area (Å²) in [7, 11) is 6.41. The molecule has 0 aromatic rings. The predicted molar refractivity (Wildman–Crippen MR) is 48.8 cm³/mol. The van der Waals surface area contributed by atoms with E-state index in [0.29, 0.717) is 0 Å². The molecule has 0 aromatic carbocycles. The Labute approximate surface area is 71.2 Å². The summed E-state index contributed by atoms with van der Waals surface area (Å²) in [4.78, 5) is 0. The highest BCUT2D eigenvalue weighted by Gasteiger charge is 2.44. The first-order chi connectivity index (χ1) is 5.23. The van der Waals surface area contributed by atoms with E-state index in [1.165, 1.54) is 38.5 Å². The summed E-state index contributed by atoms with van der Waals surface area (Å²) in [6.45, 7) is 2.34. The molecular weight excluding hydrogens is 131 g/mol. The molecule has 2 fully saturated rings. The zero-order valence-corrected chi connectivity index (χ0v) is 7.47. The standard InChI is InChI=1S/C10H17B/c1-8-4-2-3-7-10(8,11)9-5-6-9/h8-9H,2-7H2,1H3. The Balaban J connectivity index is 2.06. The SMILES string of the molecule is [B]C1(C2CC2)CCCCC1C. The zero-order chi connectivity index (χ0) is 7.90. The van der Waals surface area contributed by atoms with E-state index in [9.17, 15) is 0 Å². The summed E-state index contributed by atoms with van der Waals surface area (Å²) in [6.07, 6.45) is 8.25. The molecule has 0 nitrogen and oxygen atoms in total. The molecule has 0 aliphatic heterocycles. The summed E-state index contributed by atoms with van der Waals surface area (Å²) in [5.41, 5.74) is 0. The third kappa shape index (κ3) is 1.23. The monoisotopic (exact) mass is 148 g/mol. The Bertz CT molecular complexity index is 151. The Hall–Kier alpha value is 0.0649. The molecule has 2 unspecified atom stereocenters. The summed E-state index contributed by atoms with van der Waals surface area (Å²) in [5, 5.41) is 0.248. The second kappa shape index (κ2) is 2.53. The van der Waals surface area contributed by atoms with Gasteiger partial charge in [0.2, 0.25) is 0 Å². The van der Waals surface area contributed by atoms with Crippen LogP contribution in [0.25, 0.3) is 0 Å². The van der Waals surface area contributed by atoms with Gasteiger partial charge in [-0.25, -0.2) is 0 Å². The molecule has 0 bridgehead atoms. The molecule has 0 aromatic heterocycles. The first-order valence-electron chi connectivity index (χ1n) is 5.02. The lowest BCUT2D eigenvalue weighted by Crippen LogP contribution is -2.27. The summed E-state index contributed by atoms with van der Waals surface area (Å²) < 4.78 is 0. The van der Waals surface area contributed by atoms with Crippen molar-refractivity contribution in [1.29, 1.82) is 0 Å². The van der Waals surface area contributed by atoms with Crippen LogP contribution in [0.15, 0.2) is 0 Å². The average Bonchev–Trinajstić information content (AvgIpc) is 2.77. The predicted octanol–water partition coefficient (Wildman–Crippen LogP) is 2.93. The van der Waals surface area contributed by atoms with Crippen LogP contribution in [0.1, 0.15) is 45.4 Å². The first-order valence-corrected chi connectivity index (χ1v) is 5.02. The summed E-state index contributed by atoms with van der Waals surface area (Å²) in [6, 6.07) is 0. The molecule has 2 radical (unpaired) electrons. The lowest BCUT2D eigenvalue weighted by Gasteiger charge is -2.41. The van der Waals surface area contributed by atoms with E-state index in [2.05, 4.69) is 6.92 Å². The molecule has 2 saturated carbocycles. The number of rotatable bonds is 1. The fourth-order valence-electron chi connectivity index (χ4n) is 2.62. The minimum atomic E-state index is 0.248. The second-order valence-corrected chi connectivity index (χ2v) is 4.53. The molecule has 60 valence electrons. The van der Waals surface area contributed by atoms with Crippen molar-refractivity contribution in [3.8, 4) is 0 Å². The Morgan fingerprint density at radius 1 is 1.18 bits per heavy atom. The van der Waals surface area contributed by atoms with Crippen molar-refractivity contribution in [3.63, 3.8) is 0 Å². The van der Waals surface area contributed by atoms with Gasteiger partial charge in [0.15, 0.2) is 0 Å². The van der Waals surface area contributed by atoms with Gasteiger partial charge in [-0.2, -0.15) is 0 Å². The lowest BCUT2D eigenvalue weighted by molar-refractivity contribution is 0.248. The maximum absolute atomic E-state index is 6.41. The topological polar surface area (TPSA) is 0 Å². The Morgan fingerprint density at radius 2 is 1.91 bits per heavy atom. The highest BCUT2D eigenvalue weighted by molar-refractivity contribution is 6.15. The van der Waals surface area contributed by atoms with Crippen LogP contribution in [0.4, 0.5) is 0 Å². The maximum Gasteiger partial charge on any atom is 0.0753 e. The Morgan fingerprint density at radius 3 is 2.45 bits per heavy atom. The Kier molecular flexibility index (Phi) is 1.77. The smallest absolute Gasteiger partial charge is 0.0627 e. The van der Waals surface area contributed by atoms with Crippen molar-refractivity contribution in [1.82, 2.24) is 0 Å². The van der Waals surface area contributed by atoms with E-state index in [4.69, 9.17) is 7.85 Å². The molecule has 1 heteroatoms. The largest absolute Gasteiger partial charge is 0.0753 e. The molecule has 0 spiro atoms. The van der Waals surface area contributed by atoms with Crippen LogP contribution in [0.3, 0.4) is 0 Å². The van der Waals surface area contributed by atoms with Crippen molar-refractivity contribution in [2.45, 2.75) is 50.8 Å². The summed E-state index contributed by atoms with van der Waals surface area (Å²) in [5.74, 6) is 1.67. The van der Waals surface area contributed by atoms with Gasteiger partial charge in [0.1, 0.15) is 0 Å². The maximum atomic E-state index is 6.41. The van der Waals surface area contributed by atoms with Gasteiger partial charge in [0, 0.05) is 0 Å². The molecule has 2 aliphatic carbocycles. The van der Waals surface area contributed by atoms with Crippen LogP contribution in [0.5, 0.6) is 0 Å². The van der Waals surface area contributed by atoms with E-state index < -0.39 is 0 Å². The van der Waals surface area contributed by atoms with Gasteiger partial charge in [-0.15, -0.1) is 0 Å². The number of hydrogen-bond acceptors (Lipinski definition) is 0. The van der Waals surface area contributed by atoms with E-state index in [1.807, 2.05) is 0 Å². The molecule has 11 heavy (non-hydrogen) atoms. The lowest BCUT2D eigenvalue weighted by atomic mass is 9.52. The molecule has 0 N–H and O–H groups in total. The van der Waals surface area contributed by atoms with Gasteiger partial charge in [-0.05, 0) is 11.8 Å². The van der Waals surface area contributed by atoms with Gasteiger partial charge in [-0.3, -0.25) is 0 Å². The van der Waals surface area contributed by atoms with Gasteiger partial charge >= 0.3 is 0 Å². The van der Waals surface area contributed by atoms with Crippen molar-refractivity contribution < 1.29 is 0 Å². The molecule has 0 saturated heterocycles. The fourth-order valence-corrected chi connectivity index (χ4v) is 2.62. The van der Waals surface area contributed by atoms with Crippen molar-refractivity contribution in [2.75, 3.05) is 0 Å². The summed E-state index contributed by atoms with van der Waals surface area (Å²) >= 11 is 0. The van der Waals surface area contributed by atoms with Crippen molar-refractivity contribution >= 4 is 7.85 Å². The third-order valence-electron chi connectivity index (χ3n) is 3.75. The van der Waals surface area contributed by atoms with Crippen LogP contribution in [-0.2, 0) is 0 Å². The minimum absolute atomic E-state index is 0.248. The van der Waals surface area contributed by atoms with Crippen molar-refractivity contribution in [2.24, 2.45) is 11.8 Å². The first kappa shape index (κ1) is 7.70. The van der Waals surface area contributed by atoms with Crippen LogP contribution in [-0.4, -0.2) is 7.85 Å². The van der Waals surface area contributed by atoms with E-state index in [1.54, 1.807) is 0 Å². The van der Waals surface area contributed by atoms with Crippen LogP contribution in [0.2, 0.25) is 5.31 Å². The molecular formula is C10H17B.